The summed E-state index contributed by atoms with van der Waals surface area (Å²) in [6.45, 7) is 6.21. The molecule has 1 amide bonds. The molecule has 1 saturated carbocycles. The summed E-state index contributed by atoms with van der Waals surface area (Å²) in [5.41, 5.74) is 0.817. The van der Waals surface area contributed by atoms with Crippen LogP contribution in [0.4, 0.5) is 0 Å². The summed E-state index contributed by atoms with van der Waals surface area (Å²) in [4.78, 5) is 17.1. The van der Waals surface area contributed by atoms with Crippen LogP contribution in [-0.4, -0.2) is 47.9 Å². The topological polar surface area (TPSA) is 23.6 Å². The van der Waals surface area contributed by atoms with Gasteiger partial charge in [0.15, 0.2) is 0 Å². The first-order valence-corrected chi connectivity index (χ1v) is 8.34. The fourth-order valence-electron chi connectivity index (χ4n) is 3.86. The van der Waals surface area contributed by atoms with Crippen molar-refractivity contribution >= 4 is 5.91 Å². The van der Waals surface area contributed by atoms with E-state index >= 15 is 0 Å². The van der Waals surface area contributed by atoms with E-state index in [1.165, 1.54) is 25.7 Å². The molecule has 2 fully saturated rings. The van der Waals surface area contributed by atoms with Crippen LogP contribution in [0.1, 0.15) is 43.0 Å². The molecule has 1 aliphatic carbocycles. The lowest BCUT2D eigenvalue weighted by Crippen LogP contribution is -2.53. The average molecular weight is 286 g/mol. The van der Waals surface area contributed by atoms with Gasteiger partial charge >= 0.3 is 0 Å². The van der Waals surface area contributed by atoms with Crippen LogP contribution in [0.15, 0.2) is 30.3 Å². The molecule has 1 aromatic rings. The third-order valence-corrected chi connectivity index (χ3v) is 5.16. The highest BCUT2D eigenvalue weighted by Crippen LogP contribution is 2.28. The molecule has 0 radical (unpaired) electrons. The molecule has 1 heterocycles. The van der Waals surface area contributed by atoms with Crippen molar-refractivity contribution in [2.75, 3.05) is 26.2 Å². The summed E-state index contributed by atoms with van der Waals surface area (Å²) in [6, 6.07) is 10.4. The molecule has 114 valence electrons. The second-order valence-electron chi connectivity index (χ2n) is 6.52. The third kappa shape index (κ3) is 3.29. The van der Waals surface area contributed by atoms with Gasteiger partial charge in [-0.2, -0.15) is 0 Å². The molecule has 2 atom stereocenters. The van der Waals surface area contributed by atoms with Gasteiger partial charge in [0.05, 0.1) is 0 Å². The zero-order chi connectivity index (χ0) is 14.7. The fraction of sp³-hybridized carbons (Fsp3) is 0.611. The van der Waals surface area contributed by atoms with E-state index in [2.05, 4.69) is 11.8 Å². The Labute approximate surface area is 127 Å². The van der Waals surface area contributed by atoms with E-state index in [1.807, 2.05) is 35.2 Å². The van der Waals surface area contributed by atoms with Crippen molar-refractivity contribution in [2.24, 2.45) is 5.92 Å². The van der Waals surface area contributed by atoms with Gasteiger partial charge in [-0.05, 0) is 30.9 Å². The van der Waals surface area contributed by atoms with Gasteiger partial charge < -0.3 is 4.90 Å². The summed E-state index contributed by atoms with van der Waals surface area (Å²) in [7, 11) is 0. The van der Waals surface area contributed by atoms with Crippen molar-refractivity contribution in [1.29, 1.82) is 0 Å². The molecule has 2 unspecified atom stereocenters. The van der Waals surface area contributed by atoms with Gasteiger partial charge in [-0.25, -0.2) is 0 Å². The summed E-state index contributed by atoms with van der Waals surface area (Å²) in [5.74, 6) is 1.00. The molecule has 2 aliphatic rings. The normalized spacial score (nSPS) is 27.6. The number of piperazine rings is 1. The van der Waals surface area contributed by atoms with Gasteiger partial charge in [-0.1, -0.05) is 38.0 Å². The van der Waals surface area contributed by atoms with E-state index in [9.17, 15) is 4.79 Å². The van der Waals surface area contributed by atoms with Gasteiger partial charge in [-0.3, -0.25) is 9.69 Å². The standard InChI is InChI=1S/C18H26N2O/c1-15-7-5-6-10-17(15)19-11-13-20(14-12-19)18(21)16-8-3-2-4-9-16/h2-4,8-9,15,17H,5-7,10-14H2,1H3. The number of carbonyl (C=O) groups excluding carboxylic acids is 1. The second-order valence-corrected chi connectivity index (χ2v) is 6.52. The first-order valence-electron chi connectivity index (χ1n) is 8.34. The minimum Gasteiger partial charge on any atom is -0.336 e. The Bertz CT molecular complexity index is 465. The first kappa shape index (κ1) is 14.6. The summed E-state index contributed by atoms with van der Waals surface area (Å²) >= 11 is 0. The highest BCUT2D eigenvalue weighted by Gasteiger charge is 2.30. The zero-order valence-electron chi connectivity index (χ0n) is 13.0. The Hall–Kier alpha value is -1.35. The van der Waals surface area contributed by atoms with Crippen molar-refractivity contribution in [1.82, 2.24) is 9.80 Å². The number of hydrogen-bond acceptors (Lipinski definition) is 2. The van der Waals surface area contributed by atoms with Crippen molar-refractivity contribution in [3.05, 3.63) is 35.9 Å². The number of rotatable bonds is 2. The predicted octanol–water partition coefficient (Wildman–Crippen LogP) is 3.02. The summed E-state index contributed by atoms with van der Waals surface area (Å²) in [6.07, 6.45) is 5.48. The number of hydrogen-bond donors (Lipinski definition) is 0. The molecule has 1 aliphatic heterocycles. The minimum atomic E-state index is 0.187. The van der Waals surface area contributed by atoms with E-state index in [1.54, 1.807) is 0 Å². The quantitative estimate of drug-likeness (QED) is 0.834. The molecule has 0 bridgehead atoms. The lowest BCUT2D eigenvalue weighted by molar-refractivity contribution is 0.0423. The van der Waals surface area contributed by atoms with E-state index < -0.39 is 0 Å². The van der Waals surface area contributed by atoms with E-state index in [0.29, 0.717) is 0 Å². The molecule has 3 rings (SSSR count). The molecule has 21 heavy (non-hydrogen) atoms. The van der Waals surface area contributed by atoms with Crippen molar-refractivity contribution in [3.8, 4) is 0 Å². The Morgan fingerprint density at radius 1 is 1.00 bits per heavy atom. The Morgan fingerprint density at radius 2 is 1.67 bits per heavy atom. The molecule has 0 aromatic heterocycles. The van der Waals surface area contributed by atoms with Gasteiger partial charge in [0, 0.05) is 37.8 Å². The van der Waals surface area contributed by atoms with Gasteiger partial charge in [-0.15, -0.1) is 0 Å². The SMILES string of the molecule is CC1CCCCC1N1CCN(C(=O)c2ccccc2)CC1. The number of benzene rings is 1. The fourth-order valence-corrected chi connectivity index (χ4v) is 3.86. The molecule has 1 saturated heterocycles. The van der Waals surface area contributed by atoms with Crippen LogP contribution >= 0.6 is 0 Å². The monoisotopic (exact) mass is 286 g/mol. The van der Waals surface area contributed by atoms with E-state index in [-0.39, 0.29) is 5.91 Å². The maximum absolute atomic E-state index is 12.5. The first-order chi connectivity index (χ1) is 10.3. The van der Waals surface area contributed by atoms with E-state index in [0.717, 1.165) is 43.7 Å². The van der Waals surface area contributed by atoms with Crippen LogP contribution in [0.3, 0.4) is 0 Å². The Morgan fingerprint density at radius 3 is 2.33 bits per heavy atom. The molecule has 1 aromatic carbocycles. The van der Waals surface area contributed by atoms with Crippen LogP contribution in [-0.2, 0) is 0 Å². The molecular formula is C18H26N2O. The van der Waals surface area contributed by atoms with Crippen LogP contribution in [0.2, 0.25) is 0 Å². The molecule has 0 spiro atoms. The van der Waals surface area contributed by atoms with Crippen molar-refractivity contribution in [3.63, 3.8) is 0 Å². The lowest BCUT2D eigenvalue weighted by Gasteiger charge is -2.43. The zero-order valence-corrected chi connectivity index (χ0v) is 13.0. The Balaban J connectivity index is 1.56. The van der Waals surface area contributed by atoms with Crippen LogP contribution in [0.5, 0.6) is 0 Å². The van der Waals surface area contributed by atoms with E-state index in [4.69, 9.17) is 0 Å². The highest BCUT2D eigenvalue weighted by atomic mass is 16.2. The van der Waals surface area contributed by atoms with Gasteiger partial charge in [0.25, 0.3) is 5.91 Å². The van der Waals surface area contributed by atoms with Crippen LogP contribution in [0, 0.1) is 5.92 Å². The lowest BCUT2D eigenvalue weighted by atomic mass is 9.84. The van der Waals surface area contributed by atoms with Crippen LogP contribution in [0.25, 0.3) is 0 Å². The summed E-state index contributed by atoms with van der Waals surface area (Å²) in [5, 5.41) is 0. The smallest absolute Gasteiger partial charge is 0.253 e. The van der Waals surface area contributed by atoms with Gasteiger partial charge in [0.1, 0.15) is 0 Å². The number of amides is 1. The van der Waals surface area contributed by atoms with Crippen molar-refractivity contribution in [2.45, 2.75) is 38.6 Å². The van der Waals surface area contributed by atoms with Crippen LogP contribution < -0.4 is 0 Å². The highest BCUT2D eigenvalue weighted by molar-refractivity contribution is 5.94. The molecule has 3 nitrogen and oxygen atoms in total. The third-order valence-electron chi connectivity index (χ3n) is 5.16. The maximum Gasteiger partial charge on any atom is 0.253 e. The number of carbonyl (C=O) groups is 1. The molecule has 3 heteroatoms. The number of nitrogens with zero attached hydrogens (tertiary/aromatic N) is 2. The second kappa shape index (κ2) is 6.61. The van der Waals surface area contributed by atoms with Gasteiger partial charge in [0.2, 0.25) is 0 Å². The molecular weight excluding hydrogens is 260 g/mol. The summed E-state index contributed by atoms with van der Waals surface area (Å²) < 4.78 is 0. The average Bonchev–Trinajstić information content (AvgIpc) is 2.56. The Kier molecular flexibility index (Phi) is 4.59. The van der Waals surface area contributed by atoms with Crippen molar-refractivity contribution < 1.29 is 4.79 Å². The minimum absolute atomic E-state index is 0.187. The molecule has 0 N–H and O–H groups in total. The predicted molar refractivity (Wildman–Crippen MR) is 85.3 cm³/mol. The maximum atomic E-state index is 12.5. The largest absolute Gasteiger partial charge is 0.336 e.